The molecule has 1 fully saturated rings. The van der Waals surface area contributed by atoms with Crippen LogP contribution < -0.4 is 11.1 Å². The lowest BCUT2D eigenvalue weighted by Crippen LogP contribution is -2.42. The summed E-state index contributed by atoms with van der Waals surface area (Å²) in [6.07, 6.45) is 2.33. The van der Waals surface area contributed by atoms with Crippen LogP contribution in [-0.2, 0) is 0 Å². The van der Waals surface area contributed by atoms with Crippen LogP contribution in [0.25, 0.3) is 0 Å². The highest BCUT2D eigenvalue weighted by Gasteiger charge is 2.21. The summed E-state index contributed by atoms with van der Waals surface area (Å²) in [4.78, 5) is 0. The van der Waals surface area contributed by atoms with Crippen LogP contribution in [0.1, 0.15) is 24.4 Å². The zero-order valence-electron chi connectivity index (χ0n) is 7.74. The highest BCUT2D eigenvalue weighted by Crippen LogP contribution is 2.21. The number of nitrogens with one attached hydrogen (secondary N) is 1. The summed E-state index contributed by atoms with van der Waals surface area (Å²) in [5.74, 6) is 0. The molecule has 0 radical (unpaired) electrons. The number of hydrogen-bond acceptors (Lipinski definition) is 2. The fourth-order valence-electron chi connectivity index (χ4n) is 1.94. The van der Waals surface area contributed by atoms with E-state index in [0.717, 1.165) is 13.0 Å². The molecule has 2 rings (SSSR count). The number of nitrogens with two attached hydrogens (primary N) is 1. The molecule has 0 spiro atoms. The van der Waals surface area contributed by atoms with Gasteiger partial charge in [0, 0.05) is 12.1 Å². The van der Waals surface area contributed by atoms with Gasteiger partial charge in [-0.1, -0.05) is 30.3 Å². The predicted octanol–water partition coefficient (Wildman–Crippen LogP) is 1.44. The largest absolute Gasteiger partial charge is 0.326 e. The normalized spacial score (nSPS) is 28.7. The van der Waals surface area contributed by atoms with E-state index in [9.17, 15) is 0 Å². The van der Waals surface area contributed by atoms with Gasteiger partial charge in [-0.3, -0.25) is 0 Å². The van der Waals surface area contributed by atoms with Crippen molar-refractivity contribution in [3.63, 3.8) is 0 Å². The Morgan fingerprint density at radius 1 is 1.23 bits per heavy atom. The Balaban J connectivity index is 2.15. The van der Waals surface area contributed by atoms with E-state index in [2.05, 4.69) is 29.6 Å². The zero-order valence-corrected chi connectivity index (χ0v) is 7.74. The van der Waals surface area contributed by atoms with Crippen LogP contribution >= 0.6 is 0 Å². The predicted molar refractivity (Wildman–Crippen MR) is 54.4 cm³/mol. The summed E-state index contributed by atoms with van der Waals surface area (Å²) in [5, 5.41) is 3.46. The molecule has 0 aliphatic carbocycles. The van der Waals surface area contributed by atoms with Gasteiger partial charge in [0.2, 0.25) is 0 Å². The summed E-state index contributed by atoms with van der Waals surface area (Å²) in [6.45, 7) is 1.09. The van der Waals surface area contributed by atoms with E-state index in [1.165, 1.54) is 12.0 Å². The first-order valence-corrected chi connectivity index (χ1v) is 4.92. The van der Waals surface area contributed by atoms with E-state index >= 15 is 0 Å². The average Bonchev–Trinajstić information content (AvgIpc) is 2.20. The third-order valence-corrected chi connectivity index (χ3v) is 2.67. The molecule has 2 nitrogen and oxygen atoms in total. The summed E-state index contributed by atoms with van der Waals surface area (Å²) >= 11 is 0. The van der Waals surface area contributed by atoms with Crippen LogP contribution in [0.4, 0.5) is 0 Å². The molecule has 2 heteroatoms. The molecular weight excluding hydrogens is 160 g/mol. The van der Waals surface area contributed by atoms with Crippen LogP contribution in [0.2, 0.25) is 0 Å². The van der Waals surface area contributed by atoms with Crippen LogP contribution in [-0.4, -0.2) is 12.6 Å². The minimum absolute atomic E-state index is 0.274. The molecule has 1 saturated heterocycles. The van der Waals surface area contributed by atoms with Crippen molar-refractivity contribution in [3.8, 4) is 0 Å². The third-order valence-electron chi connectivity index (χ3n) is 2.67. The van der Waals surface area contributed by atoms with Crippen molar-refractivity contribution >= 4 is 0 Å². The summed E-state index contributed by atoms with van der Waals surface area (Å²) < 4.78 is 0. The smallest absolute Gasteiger partial charge is 0.0473 e. The molecule has 1 aromatic rings. The molecule has 70 valence electrons. The highest BCUT2D eigenvalue weighted by molar-refractivity contribution is 5.21. The van der Waals surface area contributed by atoms with Crippen molar-refractivity contribution in [1.82, 2.24) is 5.32 Å². The summed E-state index contributed by atoms with van der Waals surface area (Å²) in [7, 11) is 0. The van der Waals surface area contributed by atoms with E-state index < -0.39 is 0 Å². The molecule has 3 N–H and O–H groups in total. The van der Waals surface area contributed by atoms with Gasteiger partial charge in [0.1, 0.15) is 0 Å². The zero-order chi connectivity index (χ0) is 9.10. The second kappa shape index (κ2) is 3.90. The van der Waals surface area contributed by atoms with E-state index in [1.54, 1.807) is 0 Å². The Hall–Kier alpha value is -0.860. The number of piperidine rings is 1. The van der Waals surface area contributed by atoms with Crippen molar-refractivity contribution in [3.05, 3.63) is 35.9 Å². The Kier molecular flexibility index (Phi) is 2.62. The van der Waals surface area contributed by atoms with Crippen molar-refractivity contribution in [2.75, 3.05) is 6.54 Å². The Bertz CT molecular complexity index is 258. The Morgan fingerprint density at radius 3 is 2.69 bits per heavy atom. The summed E-state index contributed by atoms with van der Waals surface area (Å²) in [6, 6.07) is 11.1. The van der Waals surface area contributed by atoms with Crippen LogP contribution in [0.15, 0.2) is 30.3 Å². The lowest BCUT2D eigenvalue weighted by molar-refractivity contribution is 0.358. The highest BCUT2D eigenvalue weighted by atomic mass is 15.0. The monoisotopic (exact) mass is 176 g/mol. The van der Waals surface area contributed by atoms with Crippen molar-refractivity contribution in [2.24, 2.45) is 5.73 Å². The van der Waals surface area contributed by atoms with Gasteiger partial charge in [0.05, 0.1) is 0 Å². The average molecular weight is 176 g/mol. The molecule has 0 unspecified atom stereocenters. The topological polar surface area (TPSA) is 38.0 Å². The lowest BCUT2D eigenvalue weighted by atomic mass is 9.93. The maximum absolute atomic E-state index is 6.05. The van der Waals surface area contributed by atoms with Gasteiger partial charge in [-0.15, -0.1) is 0 Å². The van der Waals surface area contributed by atoms with Crippen molar-refractivity contribution < 1.29 is 0 Å². The first kappa shape index (κ1) is 8.73. The molecule has 0 saturated carbocycles. The molecule has 0 aromatic heterocycles. The Labute approximate surface area is 79.1 Å². The van der Waals surface area contributed by atoms with E-state index in [1.807, 2.05) is 6.07 Å². The fourth-order valence-corrected chi connectivity index (χ4v) is 1.94. The number of rotatable bonds is 1. The van der Waals surface area contributed by atoms with Gasteiger partial charge in [-0.05, 0) is 24.9 Å². The molecule has 1 aliphatic heterocycles. The minimum atomic E-state index is 0.274. The standard InChI is InChI=1S/C11H16N2/c12-10-7-4-8-13-11(10)9-5-2-1-3-6-9/h1-3,5-6,10-11,13H,4,7-8,12H2/t10-,11+/m1/s1. The number of hydrogen-bond donors (Lipinski definition) is 2. The van der Waals surface area contributed by atoms with Crippen LogP contribution in [0.3, 0.4) is 0 Å². The van der Waals surface area contributed by atoms with Gasteiger partial charge < -0.3 is 11.1 Å². The third kappa shape index (κ3) is 1.90. The second-order valence-corrected chi connectivity index (χ2v) is 3.65. The number of benzene rings is 1. The van der Waals surface area contributed by atoms with Crippen molar-refractivity contribution in [2.45, 2.75) is 24.9 Å². The van der Waals surface area contributed by atoms with Crippen LogP contribution in [0.5, 0.6) is 0 Å². The molecule has 0 amide bonds. The van der Waals surface area contributed by atoms with E-state index in [4.69, 9.17) is 5.73 Å². The van der Waals surface area contributed by atoms with Gasteiger partial charge in [-0.2, -0.15) is 0 Å². The molecule has 1 aromatic carbocycles. The molecular formula is C11H16N2. The SMILES string of the molecule is N[C@@H]1CCCN[C@H]1c1ccccc1. The molecule has 13 heavy (non-hydrogen) atoms. The van der Waals surface area contributed by atoms with Gasteiger partial charge >= 0.3 is 0 Å². The first-order chi connectivity index (χ1) is 6.38. The maximum Gasteiger partial charge on any atom is 0.0473 e. The molecule has 1 heterocycles. The maximum atomic E-state index is 6.05. The lowest BCUT2D eigenvalue weighted by Gasteiger charge is -2.30. The molecule has 2 atom stereocenters. The quantitative estimate of drug-likeness (QED) is 0.679. The molecule has 1 aliphatic rings. The first-order valence-electron chi connectivity index (χ1n) is 4.92. The fraction of sp³-hybridized carbons (Fsp3) is 0.455. The van der Waals surface area contributed by atoms with Gasteiger partial charge in [0.25, 0.3) is 0 Å². The summed E-state index contributed by atoms with van der Waals surface area (Å²) in [5.41, 5.74) is 7.36. The second-order valence-electron chi connectivity index (χ2n) is 3.65. The Morgan fingerprint density at radius 2 is 2.00 bits per heavy atom. The van der Waals surface area contributed by atoms with Crippen LogP contribution in [0, 0.1) is 0 Å². The van der Waals surface area contributed by atoms with Gasteiger partial charge in [-0.25, -0.2) is 0 Å². The minimum Gasteiger partial charge on any atom is -0.326 e. The van der Waals surface area contributed by atoms with E-state index in [0.29, 0.717) is 6.04 Å². The van der Waals surface area contributed by atoms with E-state index in [-0.39, 0.29) is 6.04 Å². The van der Waals surface area contributed by atoms with Crippen molar-refractivity contribution in [1.29, 1.82) is 0 Å². The molecule has 0 bridgehead atoms. The van der Waals surface area contributed by atoms with Gasteiger partial charge in [0.15, 0.2) is 0 Å².